The molecule has 1 fully saturated rings. The number of nitrogens with zero attached hydrogens (tertiary/aromatic N) is 2. The number of carbonyl (C=O) groups is 1. The number of rotatable bonds is 6. The lowest BCUT2D eigenvalue weighted by molar-refractivity contribution is -0.153. The molecule has 0 radical (unpaired) electrons. The zero-order chi connectivity index (χ0) is 14.3. The van der Waals surface area contributed by atoms with Gasteiger partial charge in [-0.2, -0.15) is 13.2 Å². The SMILES string of the molecule is COCCN(CC(=O)N1CCOCC1)CC(F)(F)F. The lowest BCUT2D eigenvalue weighted by atomic mass is 10.3. The molecule has 0 aromatic carbocycles. The van der Waals surface area contributed by atoms with Crippen LogP contribution in [0.1, 0.15) is 0 Å². The lowest BCUT2D eigenvalue weighted by Gasteiger charge is -2.30. The summed E-state index contributed by atoms with van der Waals surface area (Å²) in [4.78, 5) is 14.5. The minimum absolute atomic E-state index is 0.0755. The van der Waals surface area contributed by atoms with Crippen molar-refractivity contribution in [2.45, 2.75) is 6.18 Å². The van der Waals surface area contributed by atoms with Crippen molar-refractivity contribution in [3.8, 4) is 0 Å². The highest BCUT2D eigenvalue weighted by molar-refractivity contribution is 5.78. The minimum Gasteiger partial charge on any atom is -0.383 e. The number of alkyl halides is 3. The summed E-state index contributed by atoms with van der Waals surface area (Å²) in [7, 11) is 1.41. The van der Waals surface area contributed by atoms with E-state index in [1.165, 1.54) is 12.0 Å². The average molecular weight is 284 g/mol. The summed E-state index contributed by atoms with van der Waals surface area (Å²) in [5, 5.41) is 0. The summed E-state index contributed by atoms with van der Waals surface area (Å²) < 4.78 is 47.0. The van der Waals surface area contributed by atoms with Crippen molar-refractivity contribution in [2.24, 2.45) is 0 Å². The molecule has 1 aliphatic rings. The molecule has 1 amide bonds. The van der Waals surface area contributed by atoms with Crippen LogP contribution in [0.5, 0.6) is 0 Å². The van der Waals surface area contributed by atoms with Gasteiger partial charge in [-0.1, -0.05) is 0 Å². The van der Waals surface area contributed by atoms with E-state index in [0.29, 0.717) is 26.3 Å². The van der Waals surface area contributed by atoms with Crippen molar-refractivity contribution in [1.82, 2.24) is 9.80 Å². The van der Waals surface area contributed by atoms with E-state index in [9.17, 15) is 18.0 Å². The fourth-order valence-electron chi connectivity index (χ4n) is 1.79. The summed E-state index contributed by atoms with van der Waals surface area (Å²) in [6.07, 6.45) is -4.32. The predicted molar refractivity (Wildman–Crippen MR) is 61.8 cm³/mol. The molecule has 0 N–H and O–H groups in total. The van der Waals surface area contributed by atoms with Gasteiger partial charge in [0.1, 0.15) is 0 Å². The molecule has 0 unspecified atom stereocenters. The van der Waals surface area contributed by atoms with Gasteiger partial charge in [-0.3, -0.25) is 9.69 Å². The van der Waals surface area contributed by atoms with Gasteiger partial charge in [-0.15, -0.1) is 0 Å². The molecule has 5 nitrogen and oxygen atoms in total. The number of amides is 1. The summed E-state index contributed by atoms with van der Waals surface area (Å²) in [5.41, 5.74) is 0. The Morgan fingerprint density at radius 3 is 2.53 bits per heavy atom. The van der Waals surface area contributed by atoms with Crippen LogP contribution in [0.3, 0.4) is 0 Å². The summed E-state index contributed by atoms with van der Waals surface area (Å²) in [6.45, 7) is 0.617. The van der Waals surface area contributed by atoms with Crippen LogP contribution in [0.2, 0.25) is 0 Å². The quantitative estimate of drug-likeness (QED) is 0.706. The third-order valence-corrected chi connectivity index (χ3v) is 2.74. The highest BCUT2D eigenvalue weighted by atomic mass is 19.4. The second-order valence-electron chi connectivity index (χ2n) is 4.31. The number of methoxy groups -OCH3 is 1. The molecular weight excluding hydrogens is 265 g/mol. The van der Waals surface area contributed by atoms with Gasteiger partial charge in [-0.25, -0.2) is 0 Å². The van der Waals surface area contributed by atoms with E-state index in [4.69, 9.17) is 9.47 Å². The Labute approximate surface area is 110 Å². The molecule has 0 aromatic heterocycles. The molecule has 1 rings (SSSR count). The van der Waals surface area contributed by atoms with Crippen LogP contribution < -0.4 is 0 Å². The van der Waals surface area contributed by atoms with Gasteiger partial charge < -0.3 is 14.4 Å². The fraction of sp³-hybridized carbons (Fsp3) is 0.909. The standard InChI is InChI=1S/C11H19F3N2O3/c1-18-5-2-15(9-11(12,13)14)8-10(17)16-3-6-19-7-4-16/h2-9H2,1H3. The van der Waals surface area contributed by atoms with Crippen LogP contribution in [-0.4, -0.2) is 81.5 Å². The first-order valence-corrected chi connectivity index (χ1v) is 6.06. The minimum atomic E-state index is -4.32. The highest BCUT2D eigenvalue weighted by Crippen LogP contribution is 2.16. The van der Waals surface area contributed by atoms with E-state index in [2.05, 4.69) is 0 Å². The molecular formula is C11H19F3N2O3. The molecule has 8 heteroatoms. The molecule has 1 heterocycles. The molecule has 0 spiro atoms. The normalized spacial score (nSPS) is 17.0. The first-order chi connectivity index (χ1) is 8.92. The second-order valence-corrected chi connectivity index (χ2v) is 4.31. The maximum Gasteiger partial charge on any atom is 0.401 e. The van der Waals surface area contributed by atoms with E-state index in [0.717, 1.165) is 4.90 Å². The monoisotopic (exact) mass is 284 g/mol. The second kappa shape index (κ2) is 7.66. The van der Waals surface area contributed by atoms with Gasteiger partial charge in [0.15, 0.2) is 0 Å². The third kappa shape index (κ3) is 6.74. The molecule has 19 heavy (non-hydrogen) atoms. The third-order valence-electron chi connectivity index (χ3n) is 2.74. The van der Waals surface area contributed by atoms with Crippen molar-refractivity contribution in [2.75, 3.05) is 59.7 Å². The number of hydrogen-bond donors (Lipinski definition) is 0. The van der Waals surface area contributed by atoms with Gasteiger partial charge in [0.2, 0.25) is 5.91 Å². The molecule has 0 aromatic rings. The highest BCUT2D eigenvalue weighted by Gasteiger charge is 2.32. The summed E-state index contributed by atoms with van der Waals surface area (Å²) in [5.74, 6) is -0.302. The van der Waals surface area contributed by atoms with Crippen molar-refractivity contribution >= 4 is 5.91 Å². The number of carbonyl (C=O) groups excluding carboxylic acids is 1. The van der Waals surface area contributed by atoms with E-state index >= 15 is 0 Å². The average Bonchev–Trinajstić information content (AvgIpc) is 2.35. The van der Waals surface area contributed by atoms with E-state index < -0.39 is 12.7 Å². The van der Waals surface area contributed by atoms with Crippen LogP contribution in [0.15, 0.2) is 0 Å². The van der Waals surface area contributed by atoms with Gasteiger partial charge in [-0.05, 0) is 0 Å². The van der Waals surface area contributed by atoms with Gasteiger partial charge in [0.25, 0.3) is 0 Å². The first kappa shape index (κ1) is 16.2. The van der Waals surface area contributed by atoms with Crippen molar-refractivity contribution in [3.63, 3.8) is 0 Å². The van der Waals surface area contributed by atoms with E-state index in [1.807, 2.05) is 0 Å². The molecule has 112 valence electrons. The first-order valence-electron chi connectivity index (χ1n) is 6.06. The maximum atomic E-state index is 12.4. The van der Waals surface area contributed by atoms with Crippen LogP contribution in [0, 0.1) is 0 Å². The number of hydrogen-bond acceptors (Lipinski definition) is 4. The zero-order valence-corrected chi connectivity index (χ0v) is 10.9. The summed E-state index contributed by atoms with van der Waals surface area (Å²) >= 11 is 0. The van der Waals surface area contributed by atoms with E-state index in [1.54, 1.807) is 0 Å². The zero-order valence-electron chi connectivity index (χ0n) is 10.9. The van der Waals surface area contributed by atoms with Crippen LogP contribution >= 0.6 is 0 Å². The molecule has 0 aliphatic carbocycles. The van der Waals surface area contributed by atoms with Gasteiger partial charge in [0.05, 0.1) is 32.9 Å². The molecule has 1 saturated heterocycles. The Morgan fingerprint density at radius 2 is 2.00 bits per heavy atom. The summed E-state index contributed by atoms with van der Waals surface area (Å²) in [6, 6.07) is 0. The van der Waals surface area contributed by atoms with Gasteiger partial charge >= 0.3 is 6.18 Å². The van der Waals surface area contributed by atoms with E-state index in [-0.39, 0.29) is 25.6 Å². The number of morpholine rings is 1. The van der Waals surface area contributed by atoms with Gasteiger partial charge in [0, 0.05) is 26.7 Å². The Kier molecular flexibility index (Phi) is 6.53. The number of ether oxygens (including phenoxy) is 2. The Bertz CT molecular complexity index is 281. The smallest absolute Gasteiger partial charge is 0.383 e. The van der Waals surface area contributed by atoms with Crippen molar-refractivity contribution < 1.29 is 27.4 Å². The Balaban J connectivity index is 2.47. The molecule has 1 aliphatic heterocycles. The molecule has 0 atom stereocenters. The Morgan fingerprint density at radius 1 is 1.37 bits per heavy atom. The van der Waals surface area contributed by atoms with Crippen molar-refractivity contribution in [1.29, 1.82) is 0 Å². The predicted octanol–water partition coefficient (Wildman–Crippen LogP) is 0.356. The molecule has 0 bridgehead atoms. The Hall–Kier alpha value is -0.860. The number of halogens is 3. The van der Waals surface area contributed by atoms with Crippen LogP contribution in [0.25, 0.3) is 0 Å². The lowest BCUT2D eigenvalue weighted by Crippen LogP contribution is -2.48. The fourth-order valence-corrected chi connectivity index (χ4v) is 1.79. The van der Waals surface area contributed by atoms with Crippen molar-refractivity contribution in [3.05, 3.63) is 0 Å². The molecule has 0 saturated carbocycles. The maximum absolute atomic E-state index is 12.4. The van der Waals surface area contributed by atoms with Crippen LogP contribution in [0.4, 0.5) is 13.2 Å². The topological polar surface area (TPSA) is 42.0 Å². The van der Waals surface area contributed by atoms with Crippen LogP contribution in [-0.2, 0) is 14.3 Å². The largest absolute Gasteiger partial charge is 0.401 e.